The molecule has 4 aromatic rings. The average Bonchev–Trinajstić information content (AvgIpc) is 3.08. The summed E-state index contributed by atoms with van der Waals surface area (Å²) in [6.07, 6.45) is 0. The number of aryl methyl sites for hydroxylation is 3. The van der Waals surface area contributed by atoms with E-state index in [4.69, 9.17) is 4.74 Å². The van der Waals surface area contributed by atoms with Crippen molar-refractivity contribution in [1.29, 1.82) is 0 Å². The number of para-hydroxylation sites is 1. The van der Waals surface area contributed by atoms with Crippen molar-refractivity contribution in [2.24, 2.45) is 0 Å². The lowest BCUT2D eigenvalue weighted by atomic mass is 10.1. The molecule has 174 valence electrons. The van der Waals surface area contributed by atoms with Gasteiger partial charge in [-0.1, -0.05) is 48.5 Å². The van der Waals surface area contributed by atoms with E-state index in [1.807, 2.05) is 58.0 Å². The number of hydrogen-bond donors (Lipinski definition) is 1. The fraction of sp³-hybridized carbons (Fsp3) is 0.214. The summed E-state index contributed by atoms with van der Waals surface area (Å²) in [5.74, 6) is 0.392. The summed E-state index contributed by atoms with van der Waals surface area (Å²) in [7, 11) is 0. The topological polar surface area (TPSA) is 56.1 Å². The Balaban J connectivity index is 1.43. The number of amides is 1. The summed E-state index contributed by atoms with van der Waals surface area (Å²) in [5.41, 5.74) is 6.34. The average molecular weight is 458 g/mol. The van der Waals surface area contributed by atoms with E-state index in [2.05, 4.69) is 10.4 Å². The highest BCUT2D eigenvalue weighted by Crippen LogP contribution is 2.24. The maximum atomic E-state index is 14.0. The molecular formula is C28H28FN3O2. The molecule has 0 atom stereocenters. The monoisotopic (exact) mass is 457 g/mol. The Hall–Kier alpha value is -3.93. The molecule has 0 aliphatic heterocycles. The van der Waals surface area contributed by atoms with Crippen molar-refractivity contribution >= 4 is 11.6 Å². The molecule has 1 aromatic heterocycles. The van der Waals surface area contributed by atoms with Crippen LogP contribution in [0.4, 0.5) is 10.1 Å². The molecule has 0 bridgehead atoms. The molecule has 5 nitrogen and oxygen atoms in total. The lowest BCUT2D eigenvalue weighted by Crippen LogP contribution is -2.13. The van der Waals surface area contributed by atoms with Gasteiger partial charge < -0.3 is 10.1 Å². The Bertz CT molecular complexity index is 1310. The lowest BCUT2D eigenvalue weighted by Gasteiger charge is -2.12. The zero-order chi connectivity index (χ0) is 24.2. The van der Waals surface area contributed by atoms with Gasteiger partial charge in [0.2, 0.25) is 0 Å². The number of ether oxygens (including phenoxy) is 1. The summed E-state index contributed by atoms with van der Waals surface area (Å²) in [5, 5.41) is 7.45. The van der Waals surface area contributed by atoms with Gasteiger partial charge in [0.05, 0.1) is 23.6 Å². The highest BCUT2D eigenvalue weighted by Gasteiger charge is 2.16. The number of anilines is 1. The highest BCUT2D eigenvalue weighted by atomic mass is 19.1. The molecular weight excluding hydrogens is 429 g/mol. The third kappa shape index (κ3) is 5.01. The number of hydrogen-bond acceptors (Lipinski definition) is 3. The minimum Gasteiger partial charge on any atom is -0.488 e. The number of halogens is 1. The van der Waals surface area contributed by atoms with Crippen molar-refractivity contribution in [3.05, 3.63) is 112 Å². The number of nitrogens with one attached hydrogen (secondary N) is 1. The summed E-state index contributed by atoms with van der Waals surface area (Å²) in [6.45, 7) is 8.47. The maximum Gasteiger partial charge on any atom is 0.255 e. The largest absolute Gasteiger partial charge is 0.488 e. The Labute approximate surface area is 199 Å². The summed E-state index contributed by atoms with van der Waals surface area (Å²) in [4.78, 5) is 12.9. The number of aromatic nitrogens is 2. The molecule has 1 N–H and O–H groups in total. The van der Waals surface area contributed by atoms with E-state index in [0.717, 1.165) is 28.1 Å². The number of benzene rings is 3. The third-order valence-electron chi connectivity index (χ3n) is 5.91. The Kier molecular flexibility index (Phi) is 6.77. The van der Waals surface area contributed by atoms with Gasteiger partial charge in [0, 0.05) is 11.1 Å². The molecule has 1 amide bonds. The van der Waals surface area contributed by atoms with Crippen LogP contribution in [0.1, 0.15) is 44.0 Å². The molecule has 0 saturated carbocycles. The molecule has 0 unspecified atom stereocenters. The first-order valence-corrected chi connectivity index (χ1v) is 11.2. The smallest absolute Gasteiger partial charge is 0.255 e. The van der Waals surface area contributed by atoms with Crippen LogP contribution in [-0.2, 0) is 13.2 Å². The molecule has 0 radical (unpaired) electrons. The molecule has 6 heteroatoms. The van der Waals surface area contributed by atoms with Crippen molar-refractivity contribution in [3.63, 3.8) is 0 Å². The van der Waals surface area contributed by atoms with Crippen molar-refractivity contribution in [3.8, 4) is 5.75 Å². The normalized spacial score (nSPS) is 10.9. The predicted octanol–water partition coefficient (Wildman–Crippen LogP) is 6.14. The van der Waals surface area contributed by atoms with E-state index >= 15 is 0 Å². The second-order valence-corrected chi connectivity index (χ2v) is 8.46. The first-order valence-electron chi connectivity index (χ1n) is 11.2. The fourth-order valence-electron chi connectivity index (χ4n) is 3.94. The first-order chi connectivity index (χ1) is 16.3. The second-order valence-electron chi connectivity index (χ2n) is 8.46. The van der Waals surface area contributed by atoms with Gasteiger partial charge in [0.1, 0.15) is 18.2 Å². The van der Waals surface area contributed by atoms with Gasteiger partial charge in [-0.2, -0.15) is 5.10 Å². The van der Waals surface area contributed by atoms with Gasteiger partial charge >= 0.3 is 0 Å². The van der Waals surface area contributed by atoms with E-state index in [9.17, 15) is 9.18 Å². The lowest BCUT2D eigenvalue weighted by molar-refractivity contribution is 0.102. The molecule has 0 saturated heterocycles. The zero-order valence-electron chi connectivity index (χ0n) is 19.9. The summed E-state index contributed by atoms with van der Waals surface area (Å²) >= 11 is 0. The van der Waals surface area contributed by atoms with Gasteiger partial charge in [0.25, 0.3) is 5.91 Å². The molecule has 0 fully saturated rings. The second kappa shape index (κ2) is 9.91. The third-order valence-corrected chi connectivity index (χ3v) is 5.91. The molecule has 3 aromatic carbocycles. The Morgan fingerprint density at radius 2 is 1.62 bits per heavy atom. The van der Waals surface area contributed by atoms with Gasteiger partial charge in [-0.15, -0.1) is 0 Å². The Morgan fingerprint density at radius 1 is 0.941 bits per heavy atom. The van der Waals surface area contributed by atoms with Crippen LogP contribution in [0.3, 0.4) is 0 Å². The molecule has 4 rings (SSSR count). The van der Waals surface area contributed by atoms with Crippen LogP contribution in [-0.4, -0.2) is 15.7 Å². The van der Waals surface area contributed by atoms with Crippen LogP contribution >= 0.6 is 0 Å². The SMILES string of the molecule is Cc1cccc(C)c1OCc1ccc(C(=O)Nc2c(C)nn(Cc3ccccc3F)c2C)cc1. The number of nitrogens with zero attached hydrogens (tertiary/aromatic N) is 2. The van der Waals surface area contributed by atoms with Gasteiger partial charge in [-0.3, -0.25) is 9.48 Å². The van der Waals surface area contributed by atoms with Crippen molar-refractivity contribution < 1.29 is 13.9 Å². The zero-order valence-corrected chi connectivity index (χ0v) is 19.9. The van der Waals surface area contributed by atoms with E-state index in [1.54, 1.807) is 35.0 Å². The van der Waals surface area contributed by atoms with Gasteiger partial charge in [0.15, 0.2) is 0 Å². The maximum absolute atomic E-state index is 14.0. The highest BCUT2D eigenvalue weighted by molar-refractivity contribution is 6.04. The van der Waals surface area contributed by atoms with Gasteiger partial charge in [-0.05, 0) is 62.6 Å². The van der Waals surface area contributed by atoms with Crippen LogP contribution < -0.4 is 10.1 Å². The van der Waals surface area contributed by atoms with E-state index in [-0.39, 0.29) is 11.7 Å². The van der Waals surface area contributed by atoms with Crippen LogP contribution in [0.25, 0.3) is 0 Å². The summed E-state index contributed by atoms with van der Waals surface area (Å²) in [6, 6.07) is 20.0. The number of rotatable bonds is 7. The van der Waals surface area contributed by atoms with Crippen LogP contribution in [0.15, 0.2) is 66.7 Å². The van der Waals surface area contributed by atoms with E-state index in [0.29, 0.717) is 35.7 Å². The minimum atomic E-state index is -0.276. The molecule has 1 heterocycles. The molecule has 34 heavy (non-hydrogen) atoms. The number of carbonyl (C=O) groups excluding carboxylic acids is 1. The van der Waals surface area contributed by atoms with Gasteiger partial charge in [-0.25, -0.2) is 4.39 Å². The first kappa shape index (κ1) is 23.2. The van der Waals surface area contributed by atoms with Crippen LogP contribution in [0.5, 0.6) is 5.75 Å². The summed E-state index contributed by atoms with van der Waals surface area (Å²) < 4.78 is 21.8. The predicted molar refractivity (Wildman–Crippen MR) is 132 cm³/mol. The molecule has 0 aliphatic rings. The van der Waals surface area contributed by atoms with Crippen LogP contribution in [0, 0.1) is 33.5 Å². The standard InChI is InChI=1S/C28H28FN3O2/c1-18-8-7-9-19(2)27(18)34-17-22-12-14-23(15-13-22)28(33)30-26-20(3)31-32(21(26)4)16-24-10-5-6-11-25(24)29/h5-15H,16-17H2,1-4H3,(H,30,33). The fourth-order valence-corrected chi connectivity index (χ4v) is 3.94. The quantitative estimate of drug-likeness (QED) is 0.363. The van der Waals surface area contributed by atoms with Crippen molar-refractivity contribution in [2.45, 2.75) is 40.8 Å². The molecule has 0 spiro atoms. The molecule has 0 aliphatic carbocycles. The van der Waals surface area contributed by atoms with Crippen molar-refractivity contribution in [1.82, 2.24) is 9.78 Å². The number of carbonyl (C=O) groups is 1. The van der Waals surface area contributed by atoms with Crippen LogP contribution in [0.2, 0.25) is 0 Å². The minimum absolute atomic E-state index is 0.223. The Morgan fingerprint density at radius 3 is 2.29 bits per heavy atom. The van der Waals surface area contributed by atoms with E-state index < -0.39 is 0 Å². The van der Waals surface area contributed by atoms with Crippen molar-refractivity contribution in [2.75, 3.05) is 5.32 Å². The van der Waals surface area contributed by atoms with E-state index in [1.165, 1.54) is 6.07 Å².